The summed E-state index contributed by atoms with van der Waals surface area (Å²) in [6.07, 6.45) is 1.85. The van der Waals surface area contributed by atoms with Gasteiger partial charge in [0.2, 0.25) is 0 Å². The molecule has 0 N–H and O–H groups in total. The molecule has 0 aromatic carbocycles. The van der Waals surface area contributed by atoms with Crippen LogP contribution >= 0.6 is 11.6 Å². The quantitative estimate of drug-likeness (QED) is 0.564. The van der Waals surface area contributed by atoms with E-state index in [1.165, 1.54) is 0 Å². The second-order valence-corrected chi connectivity index (χ2v) is 1.88. The highest BCUT2D eigenvalue weighted by Crippen LogP contribution is 2.00. The highest BCUT2D eigenvalue weighted by molar-refractivity contribution is 6.29. The Balaban J connectivity index is 2.84. The Morgan fingerprint density at radius 1 is 1.88 bits per heavy atom. The van der Waals surface area contributed by atoms with Crippen LogP contribution in [-0.2, 0) is 6.54 Å². The maximum atomic E-state index is 5.51. The molecule has 2 nitrogen and oxygen atoms in total. The highest BCUT2D eigenvalue weighted by Gasteiger charge is 1.88. The Kier molecular flexibility index (Phi) is 1.53. The zero-order valence-electron chi connectivity index (χ0n) is 4.63. The number of aryl methyl sites for hydroxylation is 1. The first kappa shape index (κ1) is 5.63. The van der Waals surface area contributed by atoms with Gasteiger partial charge in [-0.15, -0.1) is 0 Å². The molecule has 0 radical (unpaired) electrons. The molecular weight excluding hydrogens is 124 g/mol. The fraction of sp³-hybridized carbons (Fsp3) is 0.400. The largest absolute Gasteiger partial charge is 0.272 e. The summed E-state index contributed by atoms with van der Waals surface area (Å²) in [7, 11) is 0. The molecule has 3 heteroatoms. The Morgan fingerprint density at radius 2 is 2.62 bits per heavy atom. The zero-order valence-corrected chi connectivity index (χ0v) is 5.39. The van der Waals surface area contributed by atoms with Gasteiger partial charge in [-0.2, -0.15) is 5.10 Å². The van der Waals surface area contributed by atoms with Crippen molar-refractivity contribution in [2.45, 2.75) is 13.5 Å². The van der Waals surface area contributed by atoms with Crippen LogP contribution in [0.3, 0.4) is 0 Å². The summed E-state index contributed by atoms with van der Waals surface area (Å²) in [5.41, 5.74) is 0. The van der Waals surface area contributed by atoms with Gasteiger partial charge in [-0.1, -0.05) is 11.6 Å². The lowest BCUT2D eigenvalue weighted by Crippen LogP contribution is -1.92. The Hall–Kier alpha value is -0.500. The van der Waals surface area contributed by atoms with E-state index >= 15 is 0 Å². The molecule has 0 atom stereocenters. The van der Waals surface area contributed by atoms with E-state index in [1.807, 2.05) is 13.1 Å². The molecule has 1 rings (SSSR count). The first-order valence-corrected chi connectivity index (χ1v) is 2.89. The van der Waals surface area contributed by atoms with E-state index in [4.69, 9.17) is 11.6 Å². The van der Waals surface area contributed by atoms with Gasteiger partial charge in [-0.05, 0) is 13.0 Å². The number of halogens is 1. The minimum Gasteiger partial charge on any atom is -0.272 e. The van der Waals surface area contributed by atoms with Crippen molar-refractivity contribution in [3.8, 4) is 0 Å². The topological polar surface area (TPSA) is 17.8 Å². The SMILES string of the molecule is CCn1ccc(Cl)n1. The van der Waals surface area contributed by atoms with Gasteiger partial charge in [-0.25, -0.2) is 0 Å². The maximum Gasteiger partial charge on any atom is 0.151 e. The van der Waals surface area contributed by atoms with E-state index in [2.05, 4.69) is 5.10 Å². The first-order chi connectivity index (χ1) is 3.83. The van der Waals surface area contributed by atoms with Crippen LogP contribution in [0, 0.1) is 0 Å². The van der Waals surface area contributed by atoms with E-state index in [0.29, 0.717) is 5.15 Å². The Bertz CT molecular complexity index is 171. The molecule has 0 spiro atoms. The highest BCUT2D eigenvalue weighted by atomic mass is 35.5. The summed E-state index contributed by atoms with van der Waals surface area (Å²) in [6, 6.07) is 1.77. The van der Waals surface area contributed by atoms with Crippen LogP contribution in [0.1, 0.15) is 6.92 Å². The number of hydrogen-bond donors (Lipinski definition) is 0. The van der Waals surface area contributed by atoms with Gasteiger partial charge in [0.15, 0.2) is 5.15 Å². The molecule has 0 aliphatic carbocycles. The summed E-state index contributed by atoms with van der Waals surface area (Å²) in [4.78, 5) is 0. The predicted molar refractivity (Wildman–Crippen MR) is 32.9 cm³/mol. The number of hydrogen-bond acceptors (Lipinski definition) is 1. The lowest BCUT2D eigenvalue weighted by Gasteiger charge is -1.88. The van der Waals surface area contributed by atoms with Gasteiger partial charge in [0.25, 0.3) is 0 Å². The van der Waals surface area contributed by atoms with Crippen LogP contribution < -0.4 is 0 Å². The molecule has 1 heterocycles. The molecule has 0 saturated carbocycles. The summed E-state index contributed by atoms with van der Waals surface area (Å²) in [5.74, 6) is 0. The number of aromatic nitrogens is 2. The van der Waals surface area contributed by atoms with Crippen molar-refractivity contribution < 1.29 is 0 Å². The first-order valence-electron chi connectivity index (χ1n) is 2.52. The molecule has 1 aromatic rings. The standard InChI is InChI=1S/C5H7ClN2/c1-2-8-4-3-5(6)7-8/h3-4H,2H2,1H3. The normalized spacial score (nSPS) is 9.75. The number of nitrogens with zero attached hydrogens (tertiary/aromatic N) is 2. The van der Waals surface area contributed by atoms with Crippen LogP contribution in [0.5, 0.6) is 0 Å². The predicted octanol–water partition coefficient (Wildman–Crippen LogP) is 1.56. The van der Waals surface area contributed by atoms with Crippen molar-refractivity contribution in [1.29, 1.82) is 0 Å². The summed E-state index contributed by atoms with van der Waals surface area (Å²) in [5, 5.41) is 4.47. The lowest BCUT2D eigenvalue weighted by atomic mass is 10.7. The van der Waals surface area contributed by atoms with Gasteiger partial charge >= 0.3 is 0 Å². The van der Waals surface area contributed by atoms with Crippen LogP contribution in [0.15, 0.2) is 12.3 Å². The van der Waals surface area contributed by atoms with Gasteiger partial charge in [0.05, 0.1) is 0 Å². The molecule has 0 aliphatic heterocycles. The molecule has 8 heavy (non-hydrogen) atoms. The third-order valence-corrected chi connectivity index (χ3v) is 1.13. The molecule has 1 aromatic heterocycles. The van der Waals surface area contributed by atoms with Crippen molar-refractivity contribution in [3.63, 3.8) is 0 Å². The number of rotatable bonds is 1. The third kappa shape index (κ3) is 1.01. The molecule has 0 amide bonds. The molecule has 44 valence electrons. The fourth-order valence-electron chi connectivity index (χ4n) is 0.513. The van der Waals surface area contributed by atoms with Crippen LogP contribution in [0.25, 0.3) is 0 Å². The van der Waals surface area contributed by atoms with Gasteiger partial charge in [0.1, 0.15) is 0 Å². The molecule has 0 unspecified atom stereocenters. The molecular formula is C5H7ClN2. The van der Waals surface area contributed by atoms with Gasteiger partial charge in [-0.3, -0.25) is 4.68 Å². The molecule has 0 bridgehead atoms. The minimum atomic E-state index is 0.562. The second kappa shape index (κ2) is 2.18. The maximum absolute atomic E-state index is 5.51. The third-order valence-electron chi connectivity index (χ3n) is 0.932. The van der Waals surface area contributed by atoms with Crippen molar-refractivity contribution in [3.05, 3.63) is 17.4 Å². The van der Waals surface area contributed by atoms with E-state index in [0.717, 1.165) is 6.54 Å². The summed E-state index contributed by atoms with van der Waals surface area (Å²) >= 11 is 5.51. The minimum absolute atomic E-state index is 0.562. The second-order valence-electron chi connectivity index (χ2n) is 1.49. The van der Waals surface area contributed by atoms with Crippen molar-refractivity contribution in [2.24, 2.45) is 0 Å². The average Bonchev–Trinajstić information content (AvgIpc) is 2.14. The average molecular weight is 131 g/mol. The van der Waals surface area contributed by atoms with Crippen molar-refractivity contribution >= 4 is 11.6 Å². The fourth-order valence-corrected chi connectivity index (χ4v) is 0.666. The van der Waals surface area contributed by atoms with Crippen molar-refractivity contribution in [2.75, 3.05) is 0 Å². The Labute approximate surface area is 53.1 Å². The zero-order chi connectivity index (χ0) is 5.98. The smallest absolute Gasteiger partial charge is 0.151 e. The summed E-state index contributed by atoms with van der Waals surface area (Å²) in [6.45, 7) is 2.90. The van der Waals surface area contributed by atoms with Crippen molar-refractivity contribution in [1.82, 2.24) is 9.78 Å². The molecule has 0 aliphatic rings. The molecule has 0 fully saturated rings. The van der Waals surface area contributed by atoms with Gasteiger partial charge in [0, 0.05) is 12.7 Å². The van der Waals surface area contributed by atoms with E-state index < -0.39 is 0 Å². The summed E-state index contributed by atoms with van der Waals surface area (Å²) < 4.78 is 1.78. The van der Waals surface area contributed by atoms with Crippen LogP contribution in [-0.4, -0.2) is 9.78 Å². The molecule has 0 saturated heterocycles. The Morgan fingerprint density at radius 3 is 2.88 bits per heavy atom. The van der Waals surface area contributed by atoms with E-state index in [1.54, 1.807) is 10.7 Å². The van der Waals surface area contributed by atoms with Gasteiger partial charge < -0.3 is 0 Å². The van der Waals surface area contributed by atoms with E-state index in [-0.39, 0.29) is 0 Å². The lowest BCUT2D eigenvalue weighted by molar-refractivity contribution is 0.660. The van der Waals surface area contributed by atoms with Crippen LogP contribution in [0.4, 0.5) is 0 Å². The van der Waals surface area contributed by atoms with Crippen LogP contribution in [0.2, 0.25) is 5.15 Å². The monoisotopic (exact) mass is 130 g/mol. The van der Waals surface area contributed by atoms with E-state index in [9.17, 15) is 0 Å².